The van der Waals surface area contributed by atoms with Crippen LogP contribution in [0.3, 0.4) is 0 Å². The van der Waals surface area contributed by atoms with Gasteiger partial charge in [-0.3, -0.25) is 5.10 Å². The van der Waals surface area contributed by atoms with Crippen LogP contribution >= 0.6 is 0 Å². The molecule has 86 valence electrons. The fourth-order valence-electron chi connectivity index (χ4n) is 1.11. The third-order valence-corrected chi connectivity index (χ3v) is 1.96. The van der Waals surface area contributed by atoms with Gasteiger partial charge in [0.15, 0.2) is 5.82 Å². The molecule has 2 rings (SSSR count). The van der Waals surface area contributed by atoms with E-state index in [9.17, 15) is 0 Å². The van der Waals surface area contributed by atoms with E-state index in [1.807, 2.05) is 0 Å². The molecule has 0 amide bonds. The van der Waals surface area contributed by atoms with E-state index in [1.165, 1.54) is 0 Å². The molecule has 2 aromatic heterocycles. The van der Waals surface area contributed by atoms with E-state index in [2.05, 4.69) is 45.9 Å². The molecule has 2 aromatic rings. The molecule has 0 aliphatic heterocycles. The largest absolute Gasteiger partial charge is 0.262 e. The van der Waals surface area contributed by atoms with Crippen LogP contribution in [0, 0.1) is 0 Å². The maximum absolute atomic E-state index is 4.36. The summed E-state index contributed by atoms with van der Waals surface area (Å²) in [5.41, 5.74) is -0.0416. The topological polar surface area (TPSA) is 67.3 Å². The molecule has 0 radical (unpaired) electrons. The molecule has 0 aliphatic carbocycles. The van der Waals surface area contributed by atoms with Crippen molar-refractivity contribution in [2.24, 2.45) is 0 Å². The van der Waals surface area contributed by atoms with Crippen molar-refractivity contribution in [3.8, 4) is 11.6 Å². The first-order chi connectivity index (χ1) is 7.07. The average molecular weight is 219 g/mol. The minimum absolute atomic E-state index is 0. The van der Waals surface area contributed by atoms with Gasteiger partial charge in [0.2, 0.25) is 5.82 Å². The first-order valence-electron chi connectivity index (χ1n) is 4.77. The van der Waals surface area contributed by atoms with Gasteiger partial charge in [-0.25, -0.2) is 15.0 Å². The van der Waals surface area contributed by atoms with Gasteiger partial charge in [0.05, 0.1) is 0 Å². The Hall–Kier alpha value is -1.78. The van der Waals surface area contributed by atoms with Gasteiger partial charge in [-0.15, -0.1) is 5.10 Å². The second-order valence-corrected chi connectivity index (χ2v) is 4.33. The Bertz CT molecular complexity index is 441. The summed E-state index contributed by atoms with van der Waals surface area (Å²) in [7, 11) is 0. The lowest BCUT2D eigenvalue weighted by atomic mass is 9.96. The average Bonchev–Trinajstić information content (AvgIpc) is 2.67. The van der Waals surface area contributed by atoms with Crippen molar-refractivity contribution in [1.82, 2.24) is 25.1 Å². The fourth-order valence-corrected chi connectivity index (χ4v) is 1.11. The van der Waals surface area contributed by atoms with Crippen molar-refractivity contribution in [1.29, 1.82) is 0 Å². The van der Waals surface area contributed by atoms with Gasteiger partial charge in [-0.05, 0) is 6.07 Å². The smallest absolute Gasteiger partial charge is 0.219 e. The fraction of sp³-hybridized carbons (Fsp3) is 0.455. The van der Waals surface area contributed by atoms with Crippen LogP contribution in [0.2, 0.25) is 0 Å². The Kier molecular flexibility index (Phi) is 3.37. The summed E-state index contributed by atoms with van der Waals surface area (Å²) in [4.78, 5) is 12.5. The summed E-state index contributed by atoms with van der Waals surface area (Å²) in [5, 5.41) is 6.99. The minimum atomic E-state index is -0.0416. The second kappa shape index (κ2) is 4.38. The summed E-state index contributed by atoms with van der Waals surface area (Å²) in [6.45, 7) is 6.22. The molecule has 0 atom stereocenters. The summed E-state index contributed by atoms with van der Waals surface area (Å²) in [5.74, 6) is 1.93. The Morgan fingerprint density at radius 1 is 1.06 bits per heavy atom. The van der Waals surface area contributed by atoms with Gasteiger partial charge in [0, 0.05) is 17.8 Å². The lowest BCUT2D eigenvalue weighted by Crippen LogP contribution is -2.13. The molecule has 0 saturated carbocycles. The highest BCUT2D eigenvalue weighted by Crippen LogP contribution is 2.19. The quantitative estimate of drug-likeness (QED) is 0.798. The van der Waals surface area contributed by atoms with Crippen molar-refractivity contribution >= 4 is 0 Å². The van der Waals surface area contributed by atoms with Crippen LogP contribution in [0.15, 0.2) is 18.5 Å². The predicted molar refractivity (Wildman–Crippen MR) is 62.8 cm³/mol. The zero-order chi connectivity index (χ0) is 10.9. The first-order valence-corrected chi connectivity index (χ1v) is 4.77. The summed E-state index contributed by atoms with van der Waals surface area (Å²) >= 11 is 0. The van der Waals surface area contributed by atoms with Crippen LogP contribution in [0.4, 0.5) is 0 Å². The lowest BCUT2D eigenvalue weighted by molar-refractivity contribution is 0.548. The lowest BCUT2D eigenvalue weighted by Gasteiger charge is -2.12. The number of rotatable bonds is 1. The van der Waals surface area contributed by atoms with E-state index < -0.39 is 0 Å². The highest BCUT2D eigenvalue weighted by molar-refractivity contribution is 5.41. The first kappa shape index (κ1) is 12.3. The van der Waals surface area contributed by atoms with Crippen LogP contribution < -0.4 is 0 Å². The van der Waals surface area contributed by atoms with E-state index in [4.69, 9.17) is 0 Å². The Morgan fingerprint density at radius 2 is 1.69 bits per heavy atom. The zero-order valence-electron chi connectivity index (χ0n) is 9.02. The number of hydrogen-bond donors (Lipinski definition) is 1. The molecule has 1 N–H and O–H groups in total. The van der Waals surface area contributed by atoms with E-state index in [1.54, 1.807) is 18.5 Å². The Balaban J connectivity index is 0.00000128. The van der Waals surface area contributed by atoms with Gasteiger partial charge in [-0.2, -0.15) is 0 Å². The van der Waals surface area contributed by atoms with Crippen molar-refractivity contribution in [3.05, 3.63) is 24.3 Å². The molecule has 2 heterocycles. The van der Waals surface area contributed by atoms with Crippen molar-refractivity contribution < 1.29 is 0 Å². The normalized spacial score (nSPS) is 10.9. The molecule has 0 spiro atoms. The Labute approximate surface area is 95.4 Å². The van der Waals surface area contributed by atoms with Gasteiger partial charge in [0.1, 0.15) is 5.82 Å². The monoisotopic (exact) mass is 219 g/mol. The number of H-pyrrole nitrogens is 1. The van der Waals surface area contributed by atoms with E-state index in [0.717, 1.165) is 5.82 Å². The molecular weight excluding hydrogens is 202 g/mol. The molecule has 0 bridgehead atoms. The van der Waals surface area contributed by atoms with Crippen molar-refractivity contribution in [2.75, 3.05) is 0 Å². The standard InChI is InChI=1S/C10H13N5.CH4/c1-10(2,3)9-13-8(14-15-9)7-11-5-4-6-12-7;/h4-6H,1-3H3,(H,13,14,15);1H4. The van der Waals surface area contributed by atoms with Crippen LogP contribution in [0.1, 0.15) is 34.0 Å². The van der Waals surface area contributed by atoms with E-state index in [-0.39, 0.29) is 12.8 Å². The number of aromatic amines is 1. The highest BCUT2D eigenvalue weighted by atomic mass is 15.2. The number of nitrogens with zero attached hydrogens (tertiary/aromatic N) is 4. The third-order valence-electron chi connectivity index (χ3n) is 1.96. The number of hydrogen-bond acceptors (Lipinski definition) is 4. The van der Waals surface area contributed by atoms with Crippen molar-refractivity contribution in [3.63, 3.8) is 0 Å². The molecule has 0 saturated heterocycles. The second-order valence-electron chi connectivity index (χ2n) is 4.33. The molecule has 0 unspecified atom stereocenters. The van der Waals surface area contributed by atoms with Crippen LogP contribution in [0.25, 0.3) is 11.6 Å². The molecule has 16 heavy (non-hydrogen) atoms. The predicted octanol–water partition coefficient (Wildman–Crippen LogP) is 2.20. The number of aromatic nitrogens is 5. The summed E-state index contributed by atoms with van der Waals surface area (Å²) < 4.78 is 0. The van der Waals surface area contributed by atoms with Gasteiger partial charge in [0.25, 0.3) is 0 Å². The molecule has 0 aliphatic rings. The minimum Gasteiger partial charge on any atom is -0.262 e. The molecule has 5 nitrogen and oxygen atoms in total. The summed E-state index contributed by atoms with van der Waals surface area (Å²) in [6.07, 6.45) is 3.35. The molecule has 5 heteroatoms. The maximum Gasteiger partial charge on any atom is 0.219 e. The van der Waals surface area contributed by atoms with Crippen LogP contribution in [-0.2, 0) is 5.41 Å². The van der Waals surface area contributed by atoms with E-state index >= 15 is 0 Å². The molecular formula is C11H17N5. The van der Waals surface area contributed by atoms with Gasteiger partial charge >= 0.3 is 0 Å². The number of nitrogens with one attached hydrogen (secondary N) is 1. The molecule has 0 fully saturated rings. The SMILES string of the molecule is C.CC(C)(C)c1nc(-c2ncccn2)n[nH]1. The third kappa shape index (κ3) is 2.42. The highest BCUT2D eigenvalue weighted by Gasteiger charge is 2.19. The van der Waals surface area contributed by atoms with Gasteiger partial charge in [-0.1, -0.05) is 28.2 Å². The summed E-state index contributed by atoms with van der Waals surface area (Å²) in [6, 6.07) is 1.76. The molecule has 0 aromatic carbocycles. The van der Waals surface area contributed by atoms with Crippen LogP contribution in [-0.4, -0.2) is 25.1 Å². The van der Waals surface area contributed by atoms with Crippen molar-refractivity contribution in [2.45, 2.75) is 33.6 Å². The van der Waals surface area contributed by atoms with Gasteiger partial charge < -0.3 is 0 Å². The van der Waals surface area contributed by atoms with Crippen LogP contribution in [0.5, 0.6) is 0 Å². The van der Waals surface area contributed by atoms with E-state index in [0.29, 0.717) is 11.6 Å². The Morgan fingerprint density at radius 3 is 2.19 bits per heavy atom. The maximum atomic E-state index is 4.36. The zero-order valence-corrected chi connectivity index (χ0v) is 9.02.